The van der Waals surface area contributed by atoms with Gasteiger partial charge in [-0.1, -0.05) is 12.7 Å². The maximum Gasteiger partial charge on any atom is 0.339 e. The van der Waals surface area contributed by atoms with Gasteiger partial charge in [-0.2, -0.15) is 0 Å². The highest BCUT2D eigenvalue weighted by atomic mass is 16.5. The molecule has 0 unspecified atom stereocenters. The van der Waals surface area contributed by atoms with Crippen LogP contribution in [0.1, 0.15) is 22.8 Å². The van der Waals surface area contributed by atoms with Crippen molar-refractivity contribution in [3.8, 4) is 0 Å². The van der Waals surface area contributed by atoms with Gasteiger partial charge in [0.2, 0.25) is 0 Å². The molecular weight excluding hydrogens is 192 g/mol. The maximum atomic E-state index is 11.4. The van der Waals surface area contributed by atoms with Crippen LogP contribution >= 0.6 is 0 Å². The average Bonchev–Trinajstić information content (AvgIpc) is 2.28. The minimum atomic E-state index is -0.365. The lowest BCUT2D eigenvalue weighted by Gasteiger charge is -2.06. The van der Waals surface area contributed by atoms with Crippen molar-refractivity contribution in [2.24, 2.45) is 0 Å². The molecule has 1 heterocycles. The van der Waals surface area contributed by atoms with Crippen molar-refractivity contribution < 1.29 is 9.53 Å². The van der Waals surface area contributed by atoms with Crippen LogP contribution in [0.5, 0.6) is 0 Å². The first-order valence-electron chi connectivity index (χ1n) is 4.70. The smallest absolute Gasteiger partial charge is 0.339 e. The Hall–Kier alpha value is -1.84. The number of ether oxygens (including phenoxy) is 1. The van der Waals surface area contributed by atoms with Crippen molar-refractivity contribution in [1.82, 2.24) is 4.98 Å². The molecule has 1 aromatic heterocycles. The molecule has 4 nitrogen and oxygen atoms in total. The summed E-state index contributed by atoms with van der Waals surface area (Å²) >= 11 is 0. The monoisotopic (exact) mass is 206 g/mol. The standard InChI is InChI=1S/C11H14N2O2/c1-4-8-6-9(11(14)15-5-2)7-13-10(8)12-3/h4,6-7H,1,5H2,2-3H3,(H,12,13). The highest BCUT2D eigenvalue weighted by Crippen LogP contribution is 2.15. The van der Waals surface area contributed by atoms with E-state index in [1.807, 2.05) is 0 Å². The summed E-state index contributed by atoms with van der Waals surface area (Å²) in [6, 6.07) is 1.70. The van der Waals surface area contributed by atoms with Crippen LogP contribution in [0.2, 0.25) is 0 Å². The van der Waals surface area contributed by atoms with E-state index in [9.17, 15) is 4.79 Å². The summed E-state index contributed by atoms with van der Waals surface area (Å²) in [6.45, 7) is 5.78. The summed E-state index contributed by atoms with van der Waals surface area (Å²) in [4.78, 5) is 15.5. The maximum absolute atomic E-state index is 11.4. The van der Waals surface area contributed by atoms with E-state index < -0.39 is 0 Å². The molecule has 0 aliphatic heterocycles. The van der Waals surface area contributed by atoms with Crippen LogP contribution in [0.3, 0.4) is 0 Å². The molecule has 0 atom stereocenters. The lowest BCUT2D eigenvalue weighted by Crippen LogP contribution is -2.06. The lowest BCUT2D eigenvalue weighted by molar-refractivity contribution is 0.0526. The fourth-order valence-corrected chi connectivity index (χ4v) is 1.17. The topological polar surface area (TPSA) is 51.2 Å². The van der Waals surface area contributed by atoms with Crippen molar-refractivity contribution in [1.29, 1.82) is 0 Å². The predicted molar refractivity (Wildman–Crippen MR) is 59.8 cm³/mol. The van der Waals surface area contributed by atoms with Crippen LogP contribution in [0.15, 0.2) is 18.8 Å². The summed E-state index contributed by atoms with van der Waals surface area (Å²) in [7, 11) is 1.76. The van der Waals surface area contributed by atoms with Gasteiger partial charge in [0.05, 0.1) is 12.2 Å². The van der Waals surface area contributed by atoms with Gasteiger partial charge >= 0.3 is 5.97 Å². The van der Waals surface area contributed by atoms with Crippen LogP contribution < -0.4 is 5.32 Å². The molecule has 15 heavy (non-hydrogen) atoms. The van der Waals surface area contributed by atoms with Crippen LogP contribution in [0.4, 0.5) is 5.82 Å². The highest BCUT2D eigenvalue weighted by molar-refractivity contribution is 5.90. The molecule has 0 radical (unpaired) electrons. The van der Waals surface area contributed by atoms with Crippen molar-refractivity contribution in [3.05, 3.63) is 30.0 Å². The Morgan fingerprint density at radius 2 is 2.47 bits per heavy atom. The number of aromatic nitrogens is 1. The summed E-state index contributed by atoms with van der Waals surface area (Å²) in [5, 5.41) is 2.91. The normalized spacial score (nSPS) is 9.47. The van der Waals surface area contributed by atoms with Crippen molar-refractivity contribution in [2.45, 2.75) is 6.92 Å². The number of esters is 1. The molecule has 4 heteroatoms. The second-order valence-corrected chi connectivity index (χ2v) is 2.84. The fourth-order valence-electron chi connectivity index (χ4n) is 1.17. The third kappa shape index (κ3) is 2.56. The van der Waals surface area contributed by atoms with Crippen LogP contribution in [0, 0.1) is 0 Å². The second kappa shape index (κ2) is 5.14. The molecule has 0 amide bonds. The molecule has 0 spiro atoms. The third-order valence-corrected chi connectivity index (χ3v) is 1.89. The van der Waals surface area contributed by atoms with Gasteiger partial charge in [0.15, 0.2) is 0 Å². The van der Waals surface area contributed by atoms with Crippen molar-refractivity contribution in [2.75, 3.05) is 19.0 Å². The first-order valence-corrected chi connectivity index (χ1v) is 4.70. The Kier molecular flexibility index (Phi) is 3.85. The molecule has 0 fully saturated rings. The van der Waals surface area contributed by atoms with Crippen molar-refractivity contribution in [3.63, 3.8) is 0 Å². The van der Waals surface area contributed by atoms with Crippen LogP contribution in [-0.2, 0) is 4.74 Å². The van der Waals surface area contributed by atoms with E-state index in [-0.39, 0.29) is 5.97 Å². The van der Waals surface area contributed by atoms with Gasteiger partial charge in [0, 0.05) is 18.8 Å². The van der Waals surface area contributed by atoms with Gasteiger partial charge in [-0.25, -0.2) is 9.78 Å². The van der Waals surface area contributed by atoms with Gasteiger partial charge in [-0.15, -0.1) is 0 Å². The van der Waals surface area contributed by atoms with E-state index in [1.54, 1.807) is 26.1 Å². The Balaban J connectivity index is 3.02. The van der Waals surface area contributed by atoms with E-state index in [1.165, 1.54) is 6.20 Å². The first-order chi connectivity index (χ1) is 7.22. The van der Waals surface area contributed by atoms with E-state index in [4.69, 9.17) is 4.74 Å². The molecule has 1 aromatic rings. The molecule has 0 bridgehead atoms. The highest BCUT2D eigenvalue weighted by Gasteiger charge is 2.09. The zero-order valence-corrected chi connectivity index (χ0v) is 8.91. The summed E-state index contributed by atoms with van der Waals surface area (Å²) in [5.74, 6) is 0.328. The molecule has 0 aromatic carbocycles. The number of nitrogens with one attached hydrogen (secondary N) is 1. The number of carbonyl (C=O) groups excluding carboxylic acids is 1. The Bertz CT molecular complexity index is 375. The SMILES string of the molecule is C=Cc1cc(C(=O)OCC)cnc1NC. The molecule has 1 rings (SSSR count). The minimum Gasteiger partial charge on any atom is -0.462 e. The molecule has 80 valence electrons. The number of nitrogens with zero attached hydrogens (tertiary/aromatic N) is 1. The summed E-state index contributed by atoms with van der Waals surface area (Å²) in [5.41, 5.74) is 1.22. The number of rotatable bonds is 4. The van der Waals surface area contributed by atoms with E-state index in [2.05, 4.69) is 16.9 Å². The summed E-state index contributed by atoms with van der Waals surface area (Å²) in [6.07, 6.45) is 3.12. The Morgan fingerprint density at radius 1 is 1.73 bits per heavy atom. The van der Waals surface area contributed by atoms with Gasteiger partial charge < -0.3 is 10.1 Å². The van der Waals surface area contributed by atoms with Gasteiger partial charge in [-0.3, -0.25) is 0 Å². The third-order valence-electron chi connectivity index (χ3n) is 1.89. The van der Waals surface area contributed by atoms with E-state index in [0.29, 0.717) is 18.0 Å². The zero-order valence-electron chi connectivity index (χ0n) is 8.91. The Morgan fingerprint density at radius 3 is 3.00 bits per heavy atom. The molecule has 0 aliphatic rings. The number of anilines is 1. The molecular formula is C11H14N2O2. The van der Waals surface area contributed by atoms with Gasteiger partial charge in [-0.05, 0) is 13.0 Å². The van der Waals surface area contributed by atoms with E-state index in [0.717, 1.165) is 5.56 Å². The minimum absolute atomic E-state index is 0.357. The van der Waals surface area contributed by atoms with Crippen LogP contribution in [0.25, 0.3) is 6.08 Å². The molecule has 0 saturated heterocycles. The zero-order chi connectivity index (χ0) is 11.3. The number of hydrogen-bond donors (Lipinski definition) is 1. The Labute approximate surface area is 89.0 Å². The predicted octanol–water partition coefficient (Wildman–Crippen LogP) is 1.94. The van der Waals surface area contributed by atoms with Gasteiger partial charge in [0.1, 0.15) is 5.82 Å². The first kappa shape index (κ1) is 11.2. The van der Waals surface area contributed by atoms with E-state index >= 15 is 0 Å². The second-order valence-electron chi connectivity index (χ2n) is 2.84. The van der Waals surface area contributed by atoms with Crippen molar-refractivity contribution >= 4 is 17.9 Å². The van der Waals surface area contributed by atoms with Gasteiger partial charge in [0.25, 0.3) is 0 Å². The quantitative estimate of drug-likeness (QED) is 0.765. The fraction of sp³-hybridized carbons (Fsp3) is 0.273. The molecule has 0 aliphatic carbocycles. The molecule has 1 N–H and O–H groups in total. The summed E-state index contributed by atoms with van der Waals surface area (Å²) < 4.78 is 4.87. The number of pyridine rings is 1. The lowest BCUT2D eigenvalue weighted by atomic mass is 10.2. The van der Waals surface area contributed by atoms with Crippen LogP contribution in [-0.4, -0.2) is 24.6 Å². The molecule has 0 saturated carbocycles. The largest absolute Gasteiger partial charge is 0.462 e. The number of hydrogen-bond acceptors (Lipinski definition) is 4. The average molecular weight is 206 g/mol. The number of carbonyl (C=O) groups is 1.